The van der Waals surface area contributed by atoms with Gasteiger partial charge in [-0.1, -0.05) is 0 Å². The van der Waals surface area contributed by atoms with Crippen molar-refractivity contribution >= 4 is 6.09 Å². The summed E-state index contributed by atoms with van der Waals surface area (Å²) in [6, 6.07) is 3.38. The van der Waals surface area contributed by atoms with Crippen molar-refractivity contribution in [3.8, 4) is 5.88 Å². The number of aromatic nitrogens is 1. The molecule has 0 radical (unpaired) electrons. The zero-order valence-electron chi connectivity index (χ0n) is 7.65. The highest BCUT2D eigenvalue weighted by atomic mass is 16.5. The van der Waals surface area contributed by atoms with Crippen LogP contribution in [0.25, 0.3) is 0 Å². The maximum atomic E-state index is 10.4. The molecule has 1 atom stereocenters. The molecule has 5 heteroatoms. The largest absolute Gasteiger partial charge is 0.475 e. The molecule has 2 N–H and O–H groups in total. The number of hydrogen-bond acceptors (Lipinski definition) is 3. The number of carboxylic acid groups (broad SMARTS) is 1. The molecule has 1 aromatic heterocycles. The lowest BCUT2D eigenvalue weighted by Gasteiger charge is -2.07. The van der Waals surface area contributed by atoms with E-state index < -0.39 is 6.09 Å². The zero-order chi connectivity index (χ0) is 10.1. The average molecular weight is 194 g/mol. The van der Waals surface area contributed by atoms with Gasteiger partial charge in [-0.25, -0.2) is 9.78 Å². The lowest BCUT2D eigenvalue weighted by atomic mass is 10.1. The molecule has 1 aromatic rings. The maximum absolute atomic E-state index is 10.4. The minimum absolute atomic E-state index is 0.296. The quantitative estimate of drug-likeness (QED) is 0.702. The molecule has 0 spiro atoms. The molecule has 2 rings (SSSR count). The Kier molecular flexibility index (Phi) is 1.99. The standard InChI is InChI=1S/C9H10N2O3/c1-5-2-3-6-7(11-9(12)13)4-14-8(6)10-5/h2-3,7,11H,4H2,1H3,(H,12,13). The fraction of sp³-hybridized carbons (Fsp3) is 0.333. The van der Waals surface area contributed by atoms with Crippen LogP contribution in [0.4, 0.5) is 4.79 Å². The average Bonchev–Trinajstić information content (AvgIpc) is 2.47. The van der Waals surface area contributed by atoms with E-state index in [9.17, 15) is 4.79 Å². The molecule has 0 fully saturated rings. The third-order valence-corrected chi connectivity index (χ3v) is 2.09. The lowest BCUT2D eigenvalue weighted by molar-refractivity contribution is 0.186. The highest BCUT2D eigenvalue weighted by Gasteiger charge is 2.26. The molecule has 1 unspecified atom stereocenters. The first-order valence-electron chi connectivity index (χ1n) is 4.26. The van der Waals surface area contributed by atoms with Crippen LogP contribution in [-0.4, -0.2) is 22.8 Å². The van der Waals surface area contributed by atoms with Gasteiger partial charge in [-0.05, 0) is 19.1 Å². The number of aryl methyl sites for hydroxylation is 1. The SMILES string of the molecule is Cc1ccc2c(n1)OCC2NC(=O)O. The summed E-state index contributed by atoms with van der Waals surface area (Å²) in [4.78, 5) is 14.6. The van der Waals surface area contributed by atoms with E-state index in [0.29, 0.717) is 12.5 Å². The van der Waals surface area contributed by atoms with Gasteiger partial charge in [0.05, 0.1) is 6.04 Å². The van der Waals surface area contributed by atoms with Crippen LogP contribution in [-0.2, 0) is 0 Å². The summed E-state index contributed by atoms with van der Waals surface area (Å²) in [6.45, 7) is 2.18. The fourth-order valence-electron chi connectivity index (χ4n) is 1.44. The Morgan fingerprint density at radius 2 is 2.50 bits per heavy atom. The third kappa shape index (κ3) is 1.48. The summed E-state index contributed by atoms with van der Waals surface area (Å²) in [5.74, 6) is 0.531. The first-order chi connectivity index (χ1) is 6.66. The number of nitrogens with zero attached hydrogens (tertiary/aromatic N) is 1. The van der Waals surface area contributed by atoms with Crippen LogP contribution in [0.2, 0.25) is 0 Å². The van der Waals surface area contributed by atoms with Gasteiger partial charge in [-0.15, -0.1) is 0 Å². The number of carbonyl (C=O) groups is 1. The predicted octanol–water partition coefficient (Wildman–Crippen LogP) is 1.09. The van der Waals surface area contributed by atoms with Crippen molar-refractivity contribution in [2.45, 2.75) is 13.0 Å². The number of rotatable bonds is 1. The minimum atomic E-state index is -1.05. The molecule has 1 aliphatic heterocycles. The van der Waals surface area contributed by atoms with Gasteiger partial charge >= 0.3 is 6.09 Å². The summed E-state index contributed by atoms with van der Waals surface area (Å²) in [5, 5.41) is 10.9. The number of nitrogens with one attached hydrogen (secondary N) is 1. The summed E-state index contributed by atoms with van der Waals surface area (Å²) >= 11 is 0. The Morgan fingerprint density at radius 1 is 1.71 bits per heavy atom. The van der Waals surface area contributed by atoms with E-state index in [0.717, 1.165) is 11.3 Å². The summed E-state index contributed by atoms with van der Waals surface area (Å²) in [5.41, 5.74) is 1.66. The van der Waals surface area contributed by atoms with Crippen LogP contribution in [0.1, 0.15) is 17.3 Å². The van der Waals surface area contributed by atoms with E-state index >= 15 is 0 Å². The fourth-order valence-corrected chi connectivity index (χ4v) is 1.44. The van der Waals surface area contributed by atoms with Crippen LogP contribution >= 0.6 is 0 Å². The van der Waals surface area contributed by atoms with E-state index in [2.05, 4.69) is 10.3 Å². The summed E-state index contributed by atoms with van der Waals surface area (Å²) in [6.07, 6.45) is -1.05. The molecule has 0 saturated carbocycles. The smallest absolute Gasteiger partial charge is 0.405 e. The van der Waals surface area contributed by atoms with Crippen molar-refractivity contribution in [1.82, 2.24) is 10.3 Å². The predicted molar refractivity (Wildman–Crippen MR) is 48.4 cm³/mol. The van der Waals surface area contributed by atoms with Gasteiger partial charge in [0.2, 0.25) is 5.88 Å². The third-order valence-electron chi connectivity index (χ3n) is 2.09. The van der Waals surface area contributed by atoms with Gasteiger partial charge in [0.1, 0.15) is 6.61 Å². The van der Waals surface area contributed by atoms with Gasteiger partial charge in [-0.3, -0.25) is 0 Å². The molecule has 0 aromatic carbocycles. The van der Waals surface area contributed by atoms with Crippen LogP contribution in [0.5, 0.6) is 5.88 Å². The number of ether oxygens (including phenoxy) is 1. The topological polar surface area (TPSA) is 71.5 Å². The molecule has 2 heterocycles. The number of fused-ring (bicyclic) bond motifs is 1. The second kappa shape index (κ2) is 3.17. The second-order valence-corrected chi connectivity index (χ2v) is 3.16. The van der Waals surface area contributed by atoms with Crippen molar-refractivity contribution in [2.75, 3.05) is 6.61 Å². The number of pyridine rings is 1. The van der Waals surface area contributed by atoms with E-state index in [1.807, 2.05) is 19.1 Å². The Hall–Kier alpha value is -1.78. The van der Waals surface area contributed by atoms with Crippen LogP contribution in [0, 0.1) is 6.92 Å². The number of hydrogen-bond donors (Lipinski definition) is 2. The first-order valence-corrected chi connectivity index (χ1v) is 4.26. The highest BCUT2D eigenvalue weighted by molar-refractivity contribution is 5.65. The normalized spacial score (nSPS) is 18.5. The molecule has 1 amide bonds. The molecular formula is C9H10N2O3. The van der Waals surface area contributed by atoms with Crippen molar-refractivity contribution in [3.63, 3.8) is 0 Å². The van der Waals surface area contributed by atoms with Crippen LogP contribution in [0.15, 0.2) is 12.1 Å². The molecule has 0 aliphatic carbocycles. The van der Waals surface area contributed by atoms with Crippen LogP contribution in [0.3, 0.4) is 0 Å². The highest BCUT2D eigenvalue weighted by Crippen LogP contribution is 2.30. The summed E-state index contributed by atoms with van der Waals surface area (Å²) in [7, 11) is 0. The van der Waals surface area contributed by atoms with Crippen molar-refractivity contribution in [2.24, 2.45) is 0 Å². The summed E-state index contributed by atoms with van der Waals surface area (Å²) < 4.78 is 5.26. The lowest BCUT2D eigenvalue weighted by Crippen LogP contribution is -2.27. The monoisotopic (exact) mass is 194 g/mol. The van der Waals surface area contributed by atoms with Crippen molar-refractivity contribution in [1.29, 1.82) is 0 Å². The molecule has 74 valence electrons. The van der Waals surface area contributed by atoms with Gasteiger partial charge in [0, 0.05) is 11.3 Å². The van der Waals surface area contributed by atoms with E-state index in [1.54, 1.807) is 0 Å². The Labute approximate surface area is 80.7 Å². The van der Waals surface area contributed by atoms with Crippen molar-refractivity contribution < 1.29 is 14.6 Å². The molecule has 5 nitrogen and oxygen atoms in total. The maximum Gasteiger partial charge on any atom is 0.405 e. The molecular weight excluding hydrogens is 184 g/mol. The van der Waals surface area contributed by atoms with E-state index in [4.69, 9.17) is 9.84 Å². The Morgan fingerprint density at radius 3 is 3.21 bits per heavy atom. The van der Waals surface area contributed by atoms with Crippen molar-refractivity contribution in [3.05, 3.63) is 23.4 Å². The Bertz CT molecular complexity index is 378. The molecule has 14 heavy (non-hydrogen) atoms. The Balaban J connectivity index is 2.26. The van der Waals surface area contributed by atoms with E-state index in [1.165, 1.54) is 0 Å². The first kappa shape index (κ1) is 8.80. The number of amides is 1. The minimum Gasteiger partial charge on any atom is -0.475 e. The van der Waals surface area contributed by atoms with Crippen LogP contribution < -0.4 is 10.1 Å². The molecule has 0 bridgehead atoms. The van der Waals surface area contributed by atoms with E-state index in [-0.39, 0.29) is 6.04 Å². The zero-order valence-corrected chi connectivity index (χ0v) is 7.65. The van der Waals surface area contributed by atoms with Gasteiger partial charge < -0.3 is 15.2 Å². The van der Waals surface area contributed by atoms with Gasteiger partial charge in [-0.2, -0.15) is 0 Å². The molecule has 0 saturated heterocycles. The van der Waals surface area contributed by atoms with Gasteiger partial charge in [0.15, 0.2) is 0 Å². The second-order valence-electron chi connectivity index (χ2n) is 3.16. The van der Waals surface area contributed by atoms with Gasteiger partial charge in [0.25, 0.3) is 0 Å². The molecule has 1 aliphatic rings.